The van der Waals surface area contributed by atoms with Crippen molar-refractivity contribution in [3.8, 4) is 0 Å². The first-order valence-corrected chi connectivity index (χ1v) is 6.53. The van der Waals surface area contributed by atoms with Crippen LogP contribution in [-0.4, -0.2) is 55.5 Å². The molecule has 98 valence electrons. The van der Waals surface area contributed by atoms with Crippen molar-refractivity contribution in [2.75, 3.05) is 45.1 Å². The lowest BCUT2D eigenvalue weighted by Crippen LogP contribution is -2.47. The fourth-order valence-electron chi connectivity index (χ4n) is 2.19. The molecule has 1 amide bonds. The van der Waals surface area contributed by atoms with Crippen molar-refractivity contribution < 1.29 is 4.79 Å². The van der Waals surface area contributed by atoms with Crippen molar-refractivity contribution >= 4 is 11.6 Å². The number of rotatable bonds is 3. The average Bonchev–Trinajstić information content (AvgIpc) is 2.40. The van der Waals surface area contributed by atoms with Crippen LogP contribution in [0.15, 0.2) is 24.3 Å². The number of nitrogens with one attached hydrogen (secondary N) is 1. The highest BCUT2D eigenvalue weighted by atomic mass is 16.2. The highest BCUT2D eigenvalue weighted by Crippen LogP contribution is 2.17. The molecule has 1 aromatic rings. The van der Waals surface area contributed by atoms with Gasteiger partial charge in [0.25, 0.3) is 5.91 Å². The van der Waals surface area contributed by atoms with E-state index < -0.39 is 0 Å². The fraction of sp³-hybridized carbons (Fsp3) is 0.500. The van der Waals surface area contributed by atoms with Gasteiger partial charge in [0, 0.05) is 38.4 Å². The molecular weight excluding hydrogens is 226 g/mol. The Balaban J connectivity index is 2.13. The molecule has 4 nitrogen and oxygen atoms in total. The molecule has 1 fully saturated rings. The zero-order chi connectivity index (χ0) is 13.0. The molecule has 18 heavy (non-hydrogen) atoms. The Bertz CT molecular complexity index is 411. The van der Waals surface area contributed by atoms with Crippen molar-refractivity contribution in [1.82, 2.24) is 9.80 Å². The van der Waals surface area contributed by atoms with Gasteiger partial charge in [-0.15, -0.1) is 0 Å². The Labute approximate surface area is 109 Å². The standard InChI is InChI=1S/C14H21N3O/c1-3-15-13-7-5-4-6-12(13)14(18)17-10-8-16(2)9-11-17/h4-7,15H,3,8-11H2,1-2H3. The largest absolute Gasteiger partial charge is 0.385 e. The molecule has 0 atom stereocenters. The predicted molar refractivity (Wildman–Crippen MR) is 74.0 cm³/mol. The van der Waals surface area contributed by atoms with Crippen molar-refractivity contribution in [2.24, 2.45) is 0 Å². The molecule has 4 heteroatoms. The monoisotopic (exact) mass is 247 g/mol. The number of anilines is 1. The summed E-state index contributed by atoms with van der Waals surface area (Å²) in [6.45, 7) is 6.40. The van der Waals surface area contributed by atoms with Crippen LogP contribution in [0.4, 0.5) is 5.69 Å². The maximum atomic E-state index is 12.5. The first-order valence-electron chi connectivity index (χ1n) is 6.53. The minimum Gasteiger partial charge on any atom is -0.385 e. The second-order valence-corrected chi connectivity index (χ2v) is 4.67. The lowest BCUT2D eigenvalue weighted by Gasteiger charge is -2.32. The maximum Gasteiger partial charge on any atom is 0.256 e. The lowest BCUT2D eigenvalue weighted by atomic mass is 10.1. The van der Waals surface area contributed by atoms with Crippen LogP contribution in [0, 0.1) is 0 Å². The van der Waals surface area contributed by atoms with Crippen LogP contribution in [0.25, 0.3) is 0 Å². The molecule has 0 aromatic heterocycles. The van der Waals surface area contributed by atoms with Gasteiger partial charge >= 0.3 is 0 Å². The summed E-state index contributed by atoms with van der Waals surface area (Å²) in [6.07, 6.45) is 0. The minimum atomic E-state index is 0.139. The summed E-state index contributed by atoms with van der Waals surface area (Å²) in [6, 6.07) is 7.74. The quantitative estimate of drug-likeness (QED) is 0.879. The molecule has 0 unspecified atom stereocenters. The number of hydrogen-bond acceptors (Lipinski definition) is 3. The molecule has 0 saturated carbocycles. The van der Waals surface area contributed by atoms with Gasteiger partial charge in [0.2, 0.25) is 0 Å². The van der Waals surface area contributed by atoms with Gasteiger partial charge in [-0.25, -0.2) is 0 Å². The number of carbonyl (C=O) groups is 1. The molecule has 0 radical (unpaired) electrons. The second kappa shape index (κ2) is 5.87. The summed E-state index contributed by atoms with van der Waals surface area (Å²) in [5.74, 6) is 0.139. The molecule has 0 spiro atoms. The van der Waals surface area contributed by atoms with Crippen LogP contribution in [-0.2, 0) is 0 Å². The van der Waals surface area contributed by atoms with Gasteiger partial charge in [-0.2, -0.15) is 0 Å². The second-order valence-electron chi connectivity index (χ2n) is 4.67. The summed E-state index contributed by atoms with van der Waals surface area (Å²) < 4.78 is 0. The van der Waals surface area contributed by atoms with E-state index in [1.54, 1.807) is 0 Å². The number of piperazine rings is 1. The molecule has 1 saturated heterocycles. The van der Waals surface area contributed by atoms with Gasteiger partial charge in [-0.05, 0) is 26.1 Å². The number of carbonyl (C=O) groups excluding carboxylic acids is 1. The molecule has 1 aliphatic heterocycles. The van der Waals surface area contributed by atoms with E-state index in [-0.39, 0.29) is 5.91 Å². The number of para-hydroxylation sites is 1. The number of hydrogen-bond donors (Lipinski definition) is 1. The van der Waals surface area contributed by atoms with Gasteiger partial charge in [-0.1, -0.05) is 12.1 Å². The molecule has 1 aromatic carbocycles. The van der Waals surface area contributed by atoms with E-state index in [9.17, 15) is 4.79 Å². The Morgan fingerprint density at radius 2 is 1.89 bits per heavy atom. The maximum absolute atomic E-state index is 12.5. The van der Waals surface area contributed by atoms with Crippen molar-refractivity contribution in [2.45, 2.75) is 6.92 Å². The topological polar surface area (TPSA) is 35.6 Å². The summed E-state index contributed by atoms with van der Waals surface area (Å²) in [5, 5.41) is 3.25. The fourth-order valence-corrected chi connectivity index (χ4v) is 2.19. The third-order valence-corrected chi connectivity index (χ3v) is 3.32. The number of benzene rings is 1. The first-order chi connectivity index (χ1) is 8.72. The van der Waals surface area contributed by atoms with E-state index in [1.807, 2.05) is 36.1 Å². The summed E-state index contributed by atoms with van der Waals surface area (Å²) in [4.78, 5) is 16.7. The Morgan fingerprint density at radius 1 is 1.22 bits per heavy atom. The molecule has 1 aliphatic rings. The van der Waals surface area contributed by atoms with E-state index in [2.05, 4.69) is 17.3 Å². The molecule has 2 rings (SSSR count). The van der Waals surface area contributed by atoms with Gasteiger partial charge in [-0.3, -0.25) is 4.79 Å². The smallest absolute Gasteiger partial charge is 0.256 e. The van der Waals surface area contributed by atoms with Gasteiger partial charge in [0.05, 0.1) is 5.56 Å². The molecule has 1 heterocycles. The predicted octanol–water partition coefficient (Wildman–Crippen LogP) is 1.51. The zero-order valence-electron chi connectivity index (χ0n) is 11.1. The molecule has 0 aliphatic carbocycles. The number of likely N-dealkylation sites (N-methyl/N-ethyl adjacent to an activating group) is 1. The van der Waals surface area contributed by atoms with Crippen LogP contribution >= 0.6 is 0 Å². The highest BCUT2D eigenvalue weighted by Gasteiger charge is 2.21. The summed E-state index contributed by atoms with van der Waals surface area (Å²) in [5.41, 5.74) is 1.72. The van der Waals surface area contributed by atoms with E-state index in [0.717, 1.165) is 44.0 Å². The van der Waals surface area contributed by atoms with Crippen LogP contribution in [0.3, 0.4) is 0 Å². The van der Waals surface area contributed by atoms with E-state index in [0.29, 0.717) is 0 Å². The van der Waals surface area contributed by atoms with E-state index >= 15 is 0 Å². The number of amides is 1. The Morgan fingerprint density at radius 3 is 2.56 bits per heavy atom. The highest BCUT2D eigenvalue weighted by molar-refractivity contribution is 5.99. The van der Waals surface area contributed by atoms with Crippen LogP contribution in [0.2, 0.25) is 0 Å². The van der Waals surface area contributed by atoms with Crippen molar-refractivity contribution in [1.29, 1.82) is 0 Å². The third-order valence-electron chi connectivity index (χ3n) is 3.32. The molecular formula is C14H21N3O. The molecule has 1 N–H and O–H groups in total. The van der Waals surface area contributed by atoms with E-state index in [1.165, 1.54) is 0 Å². The van der Waals surface area contributed by atoms with Crippen LogP contribution in [0.1, 0.15) is 17.3 Å². The summed E-state index contributed by atoms with van der Waals surface area (Å²) >= 11 is 0. The van der Waals surface area contributed by atoms with Gasteiger partial charge in [0.15, 0.2) is 0 Å². The van der Waals surface area contributed by atoms with Gasteiger partial charge < -0.3 is 15.1 Å². The zero-order valence-corrected chi connectivity index (χ0v) is 11.1. The lowest BCUT2D eigenvalue weighted by molar-refractivity contribution is 0.0665. The minimum absolute atomic E-state index is 0.139. The van der Waals surface area contributed by atoms with E-state index in [4.69, 9.17) is 0 Å². The SMILES string of the molecule is CCNc1ccccc1C(=O)N1CCN(C)CC1. The normalized spacial score (nSPS) is 16.7. The Hall–Kier alpha value is -1.55. The number of nitrogens with zero attached hydrogens (tertiary/aromatic N) is 2. The molecule has 0 bridgehead atoms. The average molecular weight is 247 g/mol. The first kappa shape index (κ1) is 12.9. The van der Waals surface area contributed by atoms with Crippen LogP contribution in [0.5, 0.6) is 0 Å². The third kappa shape index (κ3) is 2.82. The Kier molecular flexibility index (Phi) is 4.20. The summed E-state index contributed by atoms with van der Waals surface area (Å²) in [7, 11) is 2.09. The van der Waals surface area contributed by atoms with Gasteiger partial charge in [0.1, 0.15) is 0 Å². The van der Waals surface area contributed by atoms with Crippen LogP contribution < -0.4 is 5.32 Å². The van der Waals surface area contributed by atoms with Crippen molar-refractivity contribution in [3.05, 3.63) is 29.8 Å². The van der Waals surface area contributed by atoms with Crippen molar-refractivity contribution in [3.63, 3.8) is 0 Å².